The van der Waals surface area contributed by atoms with Crippen molar-refractivity contribution in [3.63, 3.8) is 0 Å². The van der Waals surface area contributed by atoms with Crippen LogP contribution >= 0.6 is 0 Å². The first-order valence-electron chi connectivity index (χ1n) is 6.94. The van der Waals surface area contributed by atoms with Crippen LogP contribution in [0, 0.1) is 0 Å². The molecule has 0 atom stereocenters. The molecule has 2 N–H and O–H groups in total. The van der Waals surface area contributed by atoms with E-state index in [4.69, 9.17) is 10.5 Å². The summed E-state index contributed by atoms with van der Waals surface area (Å²) >= 11 is 0. The Labute approximate surface area is 109 Å². The van der Waals surface area contributed by atoms with E-state index in [0.717, 1.165) is 25.4 Å². The van der Waals surface area contributed by atoms with Gasteiger partial charge in [-0.05, 0) is 30.5 Å². The summed E-state index contributed by atoms with van der Waals surface area (Å²) in [5.74, 6) is 1.03. The van der Waals surface area contributed by atoms with Crippen molar-refractivity contribution >= 4 is 5.69 Å². The van der Waals surface area contributed by atoms with Crippen molar-refractivity contribution in [2.45, 2.75) is 31.1 Å². The molecule has 1 fully saturated rings. The highest BCUT2D eigenvalue weighted by Crippen LogP contribution is 2.43. The minimum absolute atomic E-state index is 0.203. The smallest absolute Gasteiger partial charge is 0.142 e. The minimum atomic E-state index is 0.203. The third kappa shape index (κ3) is 1.77. The van der Waals surface area contributed by atoms with Gasteiger partial charge in [0.2, 0.25) is 0 Å². The fourth-order valence-corrected chi connectivity index (χ4v) is 3.35. The molecule has 1 heterocycles. The Bertz CT molecular complexity index is 438. The lowest BCUT2D eigenvalue weighted by atomic mass is 9.79. The number of likely N-dealkylation sites (N-methyl/N-ethyl adjacent to an activating group) is 1. The molecule has 0 unspecified atom stereocenters. The summed E-state index contributed by atoms with van der Waals surface area (Å²) in [6.45, 7) is 2.50. The molecule has 2 aliphatic rings. The summed E-state index contributed by atoms with van der Waals surface area (Å²) in [7, 11) is 2.12. The monoisotopic (exact) mass is 246 g/mol. The molecule has 18 heavy (non-hydrogen) atoms. The van der Waals surface area contributed by atoms with Crippen LogP contribution in [0.3, 0.4) is 0 Å². The topological polar surface area (TPSA) is 38.5 Å². The quantitative estimate of drug-likeness (QED) is 0.870. The molecule has 0 amide bonds. The maximum absolute atomic E-state index is 6.05. The number of hydrogen-bond donors (Lipinski definition) is 1. The predicted molar refractivity (Wildman–Crippen MR) is 74.4 cm³/mol. The zero-order chi connectivity index (χ0) is 12.6. The molecular weight excluding hydrogens is 224 g/mol. The van der Waals surface area contributed by atoms with Crippen molar-refractivity contribution < 1.29 is 4.74 Å². The van der Waals surface area contributed by atoms with Crippen LogP contribution in [0.25, 0.3) is 0 Å². The summed E-state index contributed by atoms with van der Waals surface area (Å²) in [5, 5.41) is 0. The number of benzene rings is 1. The highest BCUT2D eigenvalue weighted by molar-refractivity contribution is 5.61. The Kier molecular flexibility index (Phi) is 2.94. The lowest BCUT2D eigenvalue weighted by molar-refractivity contribution is 0.309. The predicted octanol–water partition coefficient (Wildman–Crippen LogP) is 2.29. The van der Waals surface area contributed by atoms with E-state index in [9.17, 15) is 0 Å². The molecule has 0 bridgehead atoms. The highest BCUT2D eigenvalue weighted by Gasteiger charge is 2.35. The van der Waals surface area contributed by atoms with E-state index in [1.54, 1.807) is 0 Å². The van der Waals surface area contributed by atoms with Crippen molar-refractivity contribution in [1.29, 1.82) is 0 Å². The molecule has 3 rings (SSSR count). The van der Waals surface area contributed by atoms with Crippen molar-refractivity contribution in [2.24, 2.45) is 5.73 Å². The van der Waals surface area contributed by atoms with Crippen LogP contribution < -0.4 is 15.4 Å². The molecule has 0 spiro atoms. The van der Waals surface area contributed by atoms with Crippen molar-refractivity contribution in [2.75, 3.05) is 31.6 Å². The molecule has 0 saturated heterocycles. The van der Waals surface area contributed by atoms with Gasteiger partial charge < -0.3 is 15.4 Å². The second-order valence-electron chi connectivity index (χ2n) is 5.64. The summed E-state index contributed by atoms with van der Waals surface area (Å²) in [6.07, 6.45) is 5.04. The van der Waals surface area contributed by atoms with Gasteiger partial charge in [-0.2, -0.15) is 0 Å². The third-order valence-electron chi connectivity index (χ3n) is 4.62. The molecule has 0 radical (unpaired) electrons. The number of nitrogens with zero attached hydrogens (tertiary/aromatic N) is 1. The number of fused-ring (bicyclic) bond motifs is 1. The number of hydrogen-bond acceptors (Lipinski definition) is 3. The number of nitrogens with two attached hydrogens (primary N) is 1. The van der Waals surface area contributed by atoms with Gasteiger partial charge in [-0.25, -0.2) is 0 Å². The molecular formula is C15H22N2O. The highest BCUT2D eigenvalue weighted by atomic mass is 16.5. The first kappa shape index (κ1) is 11.8. The van der Waals surface area contributed by atoms with Gasteiger partial charge in [0.05, 0.1) is 12.2 Å². The maximum atomic E-state index is 6.05. The molecule has 1 aliphatic heterocycles. The van der Waals surface area contributed by atoms with Crippen LogP contribution in [0.15, 0.2) is 18.2 Å². The largest absolute Gasteiger partial charge is 0.490 e. The van der Waals surface area contributed by atoms with Crippen LogP contribution in [0.2, 0.25) is 0 Å². The van der Waals surface area contributed by atoms with Crippen LogP contribution in [-0.2, 0) is 5.41 Å². The SMILES string of the molecule is CN1CCOc2cc(C3(CN)CCCC3)ccc21. The number of anilines is 1. The zero-order valence-electron chi connectivity index (χ0n) is 11.1. The molecule has 3 nitrogen and oxygen atoms in total. The Morgan fingerprint density at radius 2 is 2.11 bits per heavy atom. The van der Waals surface area contributed by atoms with E-state index in [2.05, 4.69) is 30.1 Å². The van der Waals surface area contributed by atoms with Gasteiger partial charge in [-0.15, -0.1) is 0 Å². The molecule has 1 aliphatic carbocycles. The van der Waals surface area contributed by atoms with E-state index < -0.39 is 0 Å². The summed E-state index contributed by atoms with van der Waals surface area (Å²) < 4.78 is 5.80. The van der Waals surface area contributed by atoms with Gasteiger partial charge in [0.1, 0.15) is 12.4 Å². The lowest BCUT2D eigenvalue weighted by Gasteiger charge is -2.32. The second-order valence-corrected chi connectivity index (χ2v) is 5.64. The Morgan fingerprint density at radius 3 is 2.83 bits per heavy atom. The zero-order valence-corrected chi connectivity index (χ0v) is 11.1. The molecule has 98 valence electrons. The Hall–Kier alpha value is -1.22. The standard InChI is InChI=1S/C15H22N2O/c1-17-8-9-18-14-10-12(4-5-13(14)17)15(11-16)6-2-3-7-15/h4-5,10H,2-3,6-9,11,16H2,1H3. The van der Waals surface area contributed by atoms with Gasteiger partial charge in [0, 0.05) is 19.0 Å². The number of rotatable bonds is 2. The van der Waals surface area contributed by atoms with Gasteiger partial charge >= 0.3 is 0 Å². The maximum Gasteiger partial charge on any atom is 0.142 e. The fraction of sp³-hybridized carbons (Fsp3) is 0.600. The molecule has 3 heteroatoms. The molecule has 0 aromatic heterocycles. The fourth-order valence-electron chi connectivity index (χ4n) is 3.35. The normalized spacial score (nSPS) is 21.6. The lowest BCUT2D eigenvalue weighted by Crippen LogP contribution is -2.33. The summed E-state index contributed by atoms with van der Waals surface area (Å²) in [4.78, 5) is 2.26. The van der Waals surface area contributed by atoms with Gasteiger partial charge in [0.15, 0.2) is 0 Å². The van der Waals surface area contributed by atoms with Crippen LogP contribution in [-0.4, -0.2) is 26.7 Å². The third-order valence-corrected chi connectivity index (χ3v) is 4.62. The van der Waals surface area contributed by atoms with Crippen LogP contribution in [0.5, 0.6) is 5.75 Å². The van der Waals surface area contributed by atoms with Gasteiger partial charge in [0.25, 0.3) is 0 Å². The van der Waals surface area contributed by atoms with E-state index >= 15 is 0 Å². The summed E-state index contributed by atoms with van der Waals surface area (Å²) in [5.41, 5.74) is 8.83. The van der Waals surface area contributed by atoms with E-state index in [0.29, 0.717) is 0 Å². The first-order valence-corrected chi connectivity index (χ1v) is 6.94. The Morgan fingerprint density at radius 1 is 1.33 bits per heavy atom. The average molecular weight is 246 g/mol. The molecule has 1 aromatic carbocycles. The van der Waals surface area contributed by atoms with Crippen LogP contribution in [0.1, 0.15) is 31.2 Å². The van der Waals surface area contributed by atoms with Crippen molar-refractivity contribution in [3.8, 4) is 5.75 Å². The van der Waals surface area contributed by atoms with Gasteiger partial charge in [-0.1, -0.05) is 18.9 Å². The molecule has 1 saturated carbocycles. The molecule has 1 aromatic rings. The van der Waals surface area contributed by atoms with E-state index in [1.807, 2.05) is 0 Å². The van der Waals surface area contributed by atoms with Gasteiger partial charge in [-0.3, -0.25) is 0 Å². The van der Waals surface area contributed by atoms with E-state index in [-0.39, 0.29) is 5.41 Å². The van der Waals surface area contributed by atoms with Crippen molar-refractivity contribution in [1.82, 2.24) is 0 Å². The average Bonchev–Trinajstić information content (AvgIpc) is 2.89. The summed E-state index contributed by atoms with van der Waals surface area (Å²) in [6, 6.07) is 6.67. The second kappa shape index (κ2) is 4.47. The first-order chi connectivity index (χ1) is 8.75. The number of ether oxygens (including phenoxy) is 1. The Balaban J connectivity index is 1.99. The van der Waals surface area contributed by atoms with Crippen LogP contribution in [0.4, 0.5) is 5.69 Å². The van der Waals surface area contributed by atoms with Crippen molar-refractivity contribution in [3.05, 3.63) is 23.8 Å². The van der Waals surface area contributed by atoms with E-state index in [1.165, 1.54) is 36.9 Å². The minimum Gasteiger partial charge on any atom is -0.490 e.